The van der Waals surface area contributed by atoms with Gasteiger partial charge in [0.1, 0.15) is 5.69 Å². The highest BCUT2D eigenvalue weighted by molar-refractivity contribution is 6.35. The zero-order valence-corrected chi connectivity index (χ0v) is 12.3. The molecule has 0 spiro atoms. The third-order valence-corrected chi connectivity index (χ3v) is 3.69. The number of hydrogen-bond acceptors (Lipinski definition) is 3. The van der Waals surface area contributed by atoms with Crippen molar-refractivity contribution in [3.05, 3.63) is 60.8 Å². The molecular formula is C13H13Cl2N3O2. The maximum absolute atomic E-state index is 12.2. The lowest BCUT2D eigenvalue weighted by molar-refractivity contribution is 0.603. The van der Waals surface area contributed by atoms with E-state index in [1.54, 1.807) is 25.1 Å². The van der Waals surface area contributed by atoms with Gasteiger partial charge in [-0.2, -0.15) is 0 Å². The van der Waals surface area contributed by atoms with Gasteiger partial charge in [0.05, 0.1) is 6.54 Å². The van der Waals surface area contributed by atoms with E-state index in [1.807, 2.05) is 0 Å². The number of halogens is 2. The van der Waals surface area contributed by atoms with Crippen molar-refractivity contribution in [2.45, 2.75) is 20.0 Å². The van der Waals surface area contributed by atoms with E-state index in [4.69, 9.17) is 28.9 Å². The molecule has 0 unspecified atom stereocenters. The number of nitrogens with two attached hydrogens (primary N) is 1. The van der Waals surface area contributed by atoms with E-state index in [0.717, 1.165) is 4.57 Å². The number of benzene rings is 1. The fourth-order valence-electron chi connectivity index (χ4n) is 1.88. The molecule has 0 saturated carbocycles. The molecular weight excluding hydrogens is 301 g/mol. The van der Waals surface area contributed by atoms with Crippen LogP contribution in [-0.2, 0) is 13.1 Å². The summed E-state index contributed by atoms with van der Waals surface area (Å²) in [5.41, 5.74) is 5.17. The lowest BCUT2D eigenvalue weighted by Crippen LogP contribution is -2.40. The highest BCUT2D eigenvalue weighted by Gasteiger charge is 2.12. The summed E-state index contributed by atoms with van der Waals surface area (Å²) in [6.45, 7) is 2.19. The minimum Gasteiger partial charge on any atom is -0.393 e. The van der Waals surface area contributed by atoms with E-state index in [1.165, 1.54) is 10.8 Å². The van der Waals surface area contributed by atoms with Gasteiger partial charge in [0, 0.05) is 28.4 Å². The Morgan fingerprint density at radius 2 is 1.80 bits per heavy atom. The second-order valence-corrected chi connectivity index (χ2v) is 5.06. The van der Waals surface area contributed by atoms with Crippen LogP contribution in [0.2, 0.25) is 10.0 Å². The lowest BCUT2D eigenvalue weighted by atomic mass is 10.2. The maximum atomic E-state index is 12.2. The molecule has 0 aliphatic rings. The topological polar surface area (TPSA) is 70.0 Å². The van der Waals surface area contributed by atoms with Gasteiger partial charge in [-0.05, 0) is 19.1 Å². The molecule has 0 radical (unpaired) electrons. The molecule has 20 heavy (non-hydrogen) atoms. The predicted molar refractivity (Wildman–Crippen MR) is 80.6 cm³/mol. The van der Waals surface area contributed by atoms with Crippen molar-refractivity contribution in [2.24, 2.45) is 0 Å². The molecule has 0 fully saturated rings. The minimum absolute atomic E-state index is 0.00891. The summed E-state index contributed by atoms with van der Waals surface area (Å²) in [5, 5.41) is 0.795. The number of nitrogens with zero attached hydrogens (tertiary/aromatic N) is 2. The Balaban J connectivity index is 2.63. The van der Waals surface area contributed by atoms with Crippen molar-refractivity contribution in [3.63, 3.8) is 0 Å². The molecule has 2 aromatic rings. The first-order valence-electron chi connectivity index (χ1n) is 5.98. The SMILES string of the molecule is CCn1cc(N)c(=O)n(Cc2c(Cl)cccc2Cl)c1=O. The average Bonchev–Trinajstić information content (AvgIpc) is 2.41. The third-order valence-electron chi connectivity index (χ3n) is 2.98. The molecule has 1 aromatic carbocycles. The maximum Gasteiger partial charge on any atom is 0.331 e. The van der Waals surface area contributed by atoms with Gasteiger partial charge in [-0.3, -0.25) is 13.9 Å². The highest BCUT2D eigenvalue weighted by atomic mass is 35.5. The van der Waals surface area contributed by atoms with Crippen LogP contribution in [0.4, 0.5) is 5.69 Å². The van der Waals surface area contributed by atoms with E-state index < -0.39 is 11.2 Å². The molecule has 0 saturated heterocycles. The van der Waals surface area contributed by atoms with Gasteiger partial charge in [-0.15, -0.1) is 0 Å². The Bertz CT molecular complexity index is 745. The van der Waals surface area contributed by atoms with Crippen LogP contribution in [0.5, 0.6) is 0 Å². The summed E-state index contributed by atoms with van der Waals surface area (Å²) in [7, 11) is 0. The first kappa shape index (κ1) is 14.7. The van der Waals surface area contributed by atoms with Crippen molar-refractivity contribution in [2.75, 3.05) is 5.73 Å². The summed E-state index contributed by atoms with van der Waals surface area (Å²) >= 11 is 12.1. The molecule has 2 N–H and O–H groups in total. The first-order chi connectivity index (χ1) is 9.45. The van der Waals surface area contributed by atoms with Crippen LogP contribution in [0, 0.1) is 0 Å². The predicted octanol–water partition coefficient (Wildman–Crippen LogP) is 1.97. The van der Waals surface area contributed by atoms with Crippen LogP contribution < -0.4 is 17.0 Å². The summed E-state index contributed by atoms with van der Waals surface area (Å²) in [6.07, 6.45) is 1.34. The molecule has 106 valence electrons. The lowest BCUT2D eigenvalue weighted by Gasteiger charge is -2.12. The van der Waals surface area contributed by atoms with Crippen LogP contribution in [0.15, 0.2) is 34.0 Å². The van der Waals surface area contributed by atoms with Crippen LogP contribution >= 0.6 is 23.2 Å². The van der Waals surface area contributed by atoms with E-state index in [2.05, 4.69) is 0 Å². The highest BCUT2D eigenvalue weighted by Crippen LogP contribution is 2.24. The number of aryl methyl sites for hydroxylation is 1. The molecule has 7 heteroatoms. The molecule has 0 amide bonds. The van der Waals surface area contributed by atoms with Crippen LogP contribution in [-0.4, -0.2) is 9.13 Å². The van der Waals surface area contributed by atoms with Gasteiger partial charge in [0.25, 0.3) is 5.56 Å². The van der Waals surface area contributed by atoms with Crippen molar-refractivity contribution in [1.82, 2.24) is 9.13 Å². The van der Waals surface area contributed by atoms with Gasteiger partial charge < -0.3 is 5.73 Å². The standard InChI is InChI=1S/C13H13Cl2N3O2/c1-2-17-7-11(16)12(19)18(13(17)20)6-8-9(14)4-3-5-10(8)15/h3-5,7H,2,6,16H2,1H3. The van der Waals surface area contributed by atoms with Gasteiger partial charge in [-0.1, -0.05) is 29.3 Å². The number of aromatic nitrogens is 2. The average molecular weight is 314 g/mol. The quantitative estimate of drug-likeness (QED) is 0.941. The van der Waals surface area contributed by atoms with E-state index in [0.29, 0.717) is 22.2 Å². The normalized spacial score (nSPS) is 10.8. The summed E-state index contributed by atoms with van der Waals surface area (Å²) in [6, 6.07) is 5.00. The summed E-state index contributed by atoms with van der Waals surface area (Å²) in [4.78, 5) is 24.2. The second-order valence-electron chi connectivity index (χ2n) is 4.24. The van der Waals surface area contributed by atoms with Crippen molar-refractivity contribution in [3.8, 4) is 0 Å². The van der Waals surface area contributed by atoms with E-state index >= 15 is 0 Å². The van der Waals surface area contributed by atoms with Crippen molar-refractivity contribution in [1.29, 1.82) is 0 Å². The van der Waals surface area contributed by atoms with Gasteiger partial charge in [-0.25, -0.2) is 4.79 Å². The Morgan fingerprint density at radius 3 is 2.35 bits per heavy atom. The zero-order chi connectivity index (χ0) is 14.9. The number of anilines is 1. The fourth-order valence-corrected chi connectivity index (χ4v) is 2.40. The molecule has 1 aromatic heterocycles. The molecule has 5 nitrogen and oxygen atoms in total. The number of rotatable bonds is 3. The summed E-state index contributed by atoms with van der Waals surface area (Å²) in [5.74, 6) is 0. The Kier molecular flexibility index (Phi) is 4.20. The smallest absolute Gasteiger partial charge is 0.331 e. The van der Waals surface area contributed by atoms with Crippen LogP contribution in [0.3, 0.4) is 0 Å². The Labute approximate surface area is 125 Å². The van der Waals surface area contributed by atoms with Crippen LogP contribution in [0.25, 0.3) is 0 Å². The largest absolute Gasteiger partial charge is 0.393 e. The van der Waals surface area contributed by atoms with Gasteiger partial charge in [0.15, 0.2) is 0 Å². The van der Waals surface area contributed by atoms with Crippen molar-refractivity contribution >= 4 is 28.9 Å². The van der Waals surface area contributed by atoms with Crippen molar-refractivity contribution < 1.29 is 0 Å². The molecule has 0 atom stereocenters. The zero-order valence-electron chi connectivity index (χ0n) is 10.8. The monoisotopic (exact) mass is 313 g/mol. The van der Waals surface area contributed by atoms with E-state index in [9.17, 15) is 9.59 Å². The number of nitrogen functional groups attached to an aromatic ring is 1. The van der Waals surface area contributed by atoms with Gasteiger partial charge >= 0.3 is 5.69 Å². The first-order valence-corrected chi connectivity index (χ1v) is 6.74. The van der Waals surface area contributed by atoms with Gasteiger partial charge in [0.2, 0.25) is 0 Å². The summed E-state index contributed by atoms with van der Waals surface area (Å²) < 4.78 is 2.40. The molecule has 1 heterocycles. The molecule has 2 rings (SSSR count). The third kappa shape index (κ3) is 2.59. The minimum atomic E-state index is -0.546. The van der Waals surface area contributed by atoms with Crippen LogP contribution in [0.1, 0.15) is 12.5 Å². The number of hydrogen-bond donors (Lipinski definition) is 1. The molecule has 0 aliphatic heterocycles. The molecule has 0 bridgehead atoms. The fraction of sp³-hybridized carbons (Fsp3) is 0.231. The van der Waals surface area contributed by atoms with E-state index in [-0.39, 0.29) is 12.2 Å². The molecule has 0 aliphatic carbocycles. The Hall–Kier alpha value is -1.72. The Morgan fingerprint density at radius 1 is 1.20 bits per heavy atom. The second kappa shape index (κ2) is 5.73.